The lowest BCUT2D eigenvalue weighted by Crippen LogP contribution is -2.56. The molecule has 1 aromatic rings. The number of anilines is 1. The summed E-state index contributed by atoms with van der Waals surface area (Å²) in [4.78, 5) is 20.7. The Hall–Kier alpha value is -1.65. The third-order valence-electron chi connectivity index (χ3n) is 6.21. The summed E-state index contributed by atoms with van der Waals surface area (Å²) in [6.45, 7) is 2.60. The summed E-state index contributed by atoms with van der Waals surface area (Å²) in [5, 5.41) is 0. The highest BCUT2D eigenvalue weighted by atomic mass is 19.1. The predicted molar refractivity (Wildman–Crippen MR) is 91.3 cm³/mol. The molecule has 4 nitrogen and oxygen atoms in total. The molecule has 3 heterocycles. The highest BCUT2D eigenvalue weighted by molar-refractivity contribution is 5.77. The van der Waals surface area contributed by atoms with Crippen LogP contribution in [0.2, 0.25) is 0 Å². The number of halogens is 1. The van der Waals surface area contributed by atoms with E-state index in [9.17, 15) is 9.18 Å². The first-order valence-electron chi connectivity index (χ1n) is 9.31. The van der Waals surface area contributed by atoms with E-state index in [0.717, 1.165) is 51.7 Å². The molecule has 2 saturated heterocycles. The van der Waals surface area contributed by atoms with E-state index in [0.29, 0.717) is 24.1 Å². The molecule has 0 bridgehead atoms. The Kier molecular flexibility index (Phi) is 4.19. The second-order valence-corrected chi connectivity index (χ2v) is 7.81. The number of hydrogen-bond donors (Lipinski definition) is 0. The molecule has 0 N–H and O–H groups in total. The van der Waals surface area contributed by atoms with Gasteiger partial charge in [-0.05, 0) is 38.2 Å². The molecule has 1 spiro atoms. The number of carbonyl (C=O) groups is 1. The van der Waals surface area contributed by atoms with E-state index in [-0.39, 0.29) is 11.2 Å². The number of likely N-dealkylation sites (tertiary alicyclic amines) is 1. The standard InChI is InChI=1S/C19H26FN3O/c20-16-12-21-10-7-17(16)22-11-3-8-19(13-22)9-6-18(24)23(14-19)15-4-1-2-5-15/h7,10,12,15H,1-6,8-9,11,13-14H2. The van der Waals surface area contributed by atoms with Crippen molar-refractivity contribution in [2.24, 2.45) is 5.41 Å². The second-order valence-electron chi connectivity index (χ2n) is 7.81. The molecule has 1 aromatic heterocycles. The van der Waals surface area contributed by atoms with Crippen molar-refractivity contribution in [3.8, 4) is 0 Å². The van der Waals surface area contributed by atoms with Gasteiger partial charge in [-0.2, -0.15) is 0 Å². The molecule has 2 aliphatic heterocycles. The van der Waals surface area contributed by atoms with Crippen LogP contribution in [-0.4, -0.2) is 41.5 Å². The molecule has 3 aliphatic rings. The van der Waals surface area contributed by atoms with Crippen molar-refractivity contribution in [2.45, 2.75) is 57.4 Å². The van der Waals surface area contributed by atoms with Crippen molar-refractivity contribution in [3.05, 3.63) is 24.3 Å². The minimum absolute atomic E-state index is 0.129. The van der Waals surface area contributed by atoms with Crippen molar-refractivity contribution in [1.29, 1.82) is 0 Å². The number of hydrogen-bond acceptors (Lipinski definition) is 3. The lowest BCUT2D eigenvalue weighted by atomic mass is 9.73. The van der Waals surface area contributed by atoms with Crippen LogP contribution in [0.1, 0.15) is 51.4 Å². The van der Waals surface area contributed by atoms with Crippen LogP contribution in [0.25, 0.3) is 0 Å². The first-order valence-corrected chi connectivity index (χ1v) is 9.31. The Labute approximate surface area is 143 Å². The first-order chi connectivity index (χ1) is 11.7. The number of pyridine rings is 1. The van der Waals surface area contributed by atoms with Crippen LogP contribution in [-0.2, 0) is 4.79 Å². The van der Waals surface area contributed by atoms with Crippen molar-refractivity contribution >= 4 is 11.6 Å². The van der Waals surface area contributed by atoms with E-state index in [1.807, 2.05) is 0 Å². The number of aromatic nitrogens is 1. The van der Waals surface area contributed by atoms with Gasteiger partial charge < -0.3 is 9.80 Å². The highest BCUT2D eigenvalue weighted by Gasteiger charge is 2.44. The normalized spacial score (nSPS) is 28.8. The lowest BCUT2D eigenvalue weighted by Gasteiger charge is -2.50. The van der Waals surface area contributed by atoms with Gasteiger partial charge in [0, 0.05) is 43.7 Å². The Morgan fingerprint density at radius 3 is 2.79 bits per heavy atom. The van der Waals surface area contributed by atoms with Crippen LogP contribution >= 0.6 is 0 Å². The Morgan fingerprint density at radius 2 is 2.00 bits per heavy atom. The molecule has 130 valence electrons. The predicted octanol–water partition coefficient (Wildman–Crippen LogP) is 3.37. The summed E-state index contributed by atoms with van der Waals surface area (Å²) in [6, 6.07) is 2.22. The highest BCUT2D eigenvalue weighted by Crippen LogP contribution is 2.42. The molecule has 0 aromatic carbocycles. The molecule has 1 atom stereocenters. The van der Waals surface area contributed by atoms with Crippen molar-refractivity contribution in [3.63, 3.8) is 0 Å². The van der Waals surface area contributed by atoms with Crippen LogP contribution in [0.5, 0.6) is 0 Å². The maximum atomic E-state index is 14.1. The molecule has 1 unspecified atom stereocenters. The number of amides is 1. The van der Waals surface area contributed by atoms with Gasteiger partial charge in [-0.3, -0.25) is 9.78 Å². The van der Waals surface area contributed by atoms with Crippen molar-refractivity contribution in [1.82, 2.24) is 9.88 Å². The molecule has 3 fully saturated rings. The first kappa shape index (κ1) is 15.9. The van der Waals surface area contributed by atoms with Crippen LogP contribution < -0.4 is 4.90 Å². The summed E-state index contributed by atoms with van der Waals surface area (Å²) < 4.78 is 14.1. The maximum absolute atomic E-state index is 14.1. The lowest BCUT2D eigenvalue weighted by molar-refractivity contribution is -0.140. The average molecular weight is 331 g/mol. The quantitative estimate of drug-likeness (QED) is 0.834. The van der Waals surface area contributed by atoms with Crippen molar-refractivity contribution in [2.75, 3.05) is 24.5 Å². The molecular formula is C19H26FN3O. The molecule has 24 heavy (non-hydrogen) atoms. The molecule has 1 saturated carbocycles. The Balaban J connectivity index is 1.53. The summed E-state index contributed by atoms with van der Waals surface area (Å²) in [7, 11) is 0. The molecule has 0 radical (unpaired) electrons. The van der Waals surface area contributed by atoms with Gasteiger partial charge in [0.05, 0.1) is 11.9 Å². The van der Waals surface area contributed by atoms with E-state index in [2.05, 4.69) is 14.8 Å². The van der Waals surface area contributed by atoms with E-state index in [4.69, 9.17) is 0 Å². The van der Waals surface area contributed by atoms with Gasteiger partial charge in [0.1, 0.15) is 0 Å². The van der Waals surface area contributed by atoms with Gasteiger partial charge in [0.2, 0.25) is 5.91 Å². The topological polar surface area (TPSA) is 36.4 Å². The van der Waals surface area contributed by atoms with Crippen LogP contribution in [0.3, 0.4) is 0 Å². The summed E-state index contributed by atoms with van der Waals surface area (Å²) >= 11 is 0. The zero-order valence-corrected chi connectivity index (χ0v) is 14.2. The van der Waals surface area contributed by atoms with Crippen LogP contribution in [0, 0.1) is 11.2 Å². The monoisotopic (exact) mass is 331 g/mol. The minimum atomic E-state index is -0.242. The van der Waals surface area contributed by atoms with Gasteiger partial charge in [-0.1, -0.05) is 12.8 Å². The molecule has 4 rings (SSSR count). The summed E-state index contributed by atoms with van der Waals surface area (Å²) in [6.07, 6.45) is 11.6. The average Bonchev–Trinajstić information content (AvgIpc) is 3.12. The summed E-state index contributed by atoms with van der Waals surface area (Å²) in [5.74, 6) is 0.0915. The molecular weight excluding hydrogens is 305 g/mol. The second kappa shape index (κ2) is 6.34. The maximum Gasteiger partial charge on any atom is 0.222 e. The zero-order chi connectivity index (χ0) is 16.6. The van der Waals surface area contributed by atoms with Crippen LogP contribution in [0.4, 0.5) is 10.1 Å². The van der Waals surface area contributed by atoms with Gasteiger partial charge in [-0.25, -0.2) is 4.39 Å². The summed E-state index contributed by atoms with van der Waals surface area (Å²) in [5.41, 5.74) is 0.790. The van der Waals surface area contributed by atoms with Crippen molar-refractivity contribution < 1.29 is 9.18 Å². The SMILES string of the molecule is O=C1CCC2(CCCN(c3ccncc3F)C2)CN1C1CCCC1. The smallest absolute Gasteiger partial charge is 0.222 e. The van der Waals surface area contributed by atoms with E-state index in [1.54, 1.807) is 12.3 Å². The molecule has 1 aliphatic carbocycles. The fourth-order valence-electron chi connectivity index (χ4n) is 4.96. The Morgan fingerprint density at radius 1 is 1.17 bits per heavy atom. The van der Waals surface area contributed by atoms with Gasteiger partial charge in [0.15, 0.2) is 5.82 Å². The Bertz CT molecular complexity index is 616. The van der Waals surface area contributed by atoms with Gasteiger partial charge >= 0.3 is 0 Å². The van der Waals surface area contributed by atoms with Gasteiger partial charge in [-0.15, -0.1) is 0 Å². The fourth-order valence-corrected chi connectivity index (χ4v) is 4.96. The third-order valence-corrected chi connectivity index (χ3v) is 6.21. The molecule has 5 heteroatoms. The number of carbonyl (C=O) groups excluding carboxylic acids is 1. The van der Waals surface area contributed by atoms with E-state index in [1.165, 1.54) is 19.0 Å². The third kappa shape index (κ3) is 2.89. The largest absolute Gasteiger partial charge is 0.368 e. The van der Waals surface area contributed by atoms with E-state index >= 15 is 0 Å². The van der Waals surface area contributed by atoms with Crippen LogP contribution in [0.15, 0.2) is 18.5 Å². The number of piperidine rings is 2. The number of rotatable bonds is 2. The minimum Gasteiger partial charge on any atom is -0.368 e. The molecule has 1 amide bonds. The zero-order valence-electron chi connectivity index (χ0n) is 14.2. The number of nitrogens with zero attached hydrogens (tertiary/aromatic N) is 3. The fraction of sp³-hybridized carbons (Fsp3) is 0.684. The van der Waals surface area contributed by atoms with E-state index < -0.39 is 0 Å². The van der Waals surface area contributed by atoms with Gasteiger partial charge in [0.25, 0.3) is 0 Å².